The second-order valence-corrected chi connectivity index (χ2v) is 3.16. The zero-order valence-electron chi connectivity index (χ0n) is 8.05. The number of rotatable bonds is 3. The van der Waals surface area contributed by atoms with Crippen molar-refractivity contribution < 1.29 is 4.39 Å². The van der Waals surface area contributed by atoms with Crippen LogP contribution in [0.2, 0.25) is 0 Å². The van der Waals surface area contributed by atoms with Gasteiger partial charge in [-0.05, 0) is 30.2 Å². The smallest absolute Gasteiger partial charge is 0.123 e. The number of hydrogen-bond donors (Lipinski definition) is 0. The van der Waals surface area contributed by atoms with Crippen molar-refractivity contribution in [1.29, 1.82) is 0 Å². The van der Waals surface area contributed by atoms with Crippen LogP contribution in [-0.2, 0) is 6.42 Å². The Bertz CT molecular complexity index is 305. The van der Waals surface area contributed by atoms with Crippen molar-refractivity contribution >= 4 is 5.69 Å². The van der Waals surface area contributed by atoms with E-state index < -0.39 is 0 Å². The molecule has 0 atom stereocenters. The first kappa shape index (κ1) is 9.78. The van der Waals surface area contributed by atoms with E-state index in [0.717, 1.165) is 11.3 Å². The van der Waals surface area contributed by atoms with Crippen LogP contribution < -0.4 is 4.90 Å². The molecule has 0 fully saturated rings. The molecule has 13 heavy (non-hydrogen) atoms. The van der Waals surface area contributed by atoms with Gasteiger partial charge >= 0.3 is 0 Å². The Kier molecular flexibility index (Phi) is 3.07. The summed E-state index contributed by atoms with van der Waals surface area (Å²) in [4.78, 5) is 1.97. The van der Waals surface area contributed by atoms with Gasteiger partial charge in [0.25, 0.3) is 0 Å². The molecule has 0 spiro atoms. The first-order chi connectivity index (χ1) is 6.15. The Morgan fingerprint density at radius 1 is 1.46 bits per heavy atom. The summed E-state index contributed by atoms with van der Waals surface area (Å²) in [6.07, 6.45) is 2.48. The lowest BCUT2D eigenvalue weighted by atomic mass is 10.1. The van der Waals surface area contributed by atoms with Gasteiger partial charge in [-0.2, -0.15) is 0 Å². The normalized spacial score (nSPS) is 9.77. The van der Waals surface area contributed by atoms with Gasteiger partial charge in [0, 0.05) is 19.8 Å². The lowest BCUT2D eigenvalue weighted by molar-refractivity contribution is 0.626. The van der Waals surface area contributed by atoms with Crippen LogP contribution in [0.4, 0.5) is 10.1 Å². The van der Waals surface area contributed by atoms with Crippen molar-refractivity contribution in [2.45, 2.75) is 6.42 Å². The van der Waals surface area contributed by atoms with Gasteiger partial charge in [-0.1, -0.05) is 6.08 Å². The van der Waals surface area contributed by atoms with Crippen molar-refractivity contribution in [3.8, 4) is 0 Å². The molecule has 1 nitrogen and oxygen atoms in total. The quantitative estimate of drug-likeness (QED) is 0.645. The van der Waals surface area contributed by atoms with E-state index in [2.05, 4.69) is 6.58 Å². The summed E-state index contributed by atoms with van der Waals surface area (Å²) < 4.78 is 12.9. The zero-order valence-corrected chi connectivity index (χ0v) is 8.05. The molecule has 0 heterocycles. The topological polar surface area (TPSA) is 3.24 Å². The minimum atomic E-state index is -0.192. The van der Waals surface area contributed by atoms with Crippen LogP contribution in [0.1, 0.15) is 5.56 Å². The van der Waals surface area contributed by atoms with Crippen LogP contribution in [0.5, 0.6) is 0 Å². The summed E-state index contributed by atoms with van der Waals surface area (Å²) in [5.41, 5.74) is 2.02. The summed E-state index contributed by atoms with van der Waals surface area (Å²) in [6.45, 7) is 3.65. The molecule has 0 unspecified atom stereocenters. The molecule has 0 saturated carbocycles. The molecule has 0 aliphatic heterocycles. The molecule has 0 amide bonds. The van der Waals surface area contributed by atoms with E-state index in [1.165, 1.54) is 6.07 Å². The third kappa shape index (κ3) is 2.31. The summed E-state index contributed by atoms with van der Waals surface area (Å²) in [7, 11) is 3.89. The molecule has 0 aromatic heterocycles. The van der Waals surface area contributed by atoms with Gasteiger partial charge in [-0.3, -0.25) is 0 Å². The van der Waals surface area contributed by atoms with Gasteiger partial charge in [0.1, 0.15) is 5.82 Å². The van der Waals surface area contributed by atoms with Gasteiger partial charge in [0.05, 0.1) is 0 Å². The largest absolute Gasteiger partial charge is 0.377 e. The monoisotopic (exact) mass is 179 g/mol. The Hall–Kier alpha value is -1.31. The number of hydrogen-bond acceptors (Lipinski definition) is 1. The maximum Gasteiger partial charge on any atom is 0.123 e. The first-order valence-electron chi connectivity index (χ1n) is 4.22. The van der Waals surface area contributed by atoms with E-state index in [9.17, 15) is 4.39 Å². The Labute approximate surface area is 78.5 Å². The van der Waals surface area contributed by atoms with Crippen LogP contribution in [0.15, 0.2) is 30.9 Å². The second kappa shape index (κ2) is 4.08. The SMILES string of the molecule is C=CCc1cc(F)ccc1N(C)C. The van der Waals surface area contributed by atoms with E-state index in [-0.39, 0.29) is 5.82 Å². The number of allylic oxidation sites excluding steroid dienone is 1. The van der Waals surface area contributed by atoms with Crippen molar-refractivity contribution in [3.05, 3.63) is 42.2 Å². The minimum Gasteiger partial charge on any atom is -0.377 e. The third-order valence-electron chi connectivity index (χ3n) is 1.89. The highest BCUT2D eigenvalue weighted by Crippen LogP contribution is 2.20. The molecule has 1 aromatic rings. The highest BCUT2D eigenvalue weighted by atomic mass is 19.1. The Morgan fingerprint density at radius 3 is 2.69 bits per heavy atom. The summed E-state index contributed by atoms with van der Waals surface area (Å²) in [5, 5.41) is 0. The molecule has 0 aliphatic rings. The van der Waals surface area contributed by atoms with E-state index in [4.69, 9.17) is 0 Å². The van der Waals surface area contributed by atoms with Crippen molar-refractivity contribution in [2.75, 3.05) is 19.0 Å². The summed E-state index contributed by atoms with van der Waals surface area (Å²) >= 11 is 0. The molecule has 0 radical (unpaired) electrons. The molecule has 2 heteroatoms. The highest BCUT2D eigenvalue weighted by molar-refractivity contribution is 5.53. The lowest BCUT2D eigenvalue weighted by Gasteiger charge is -2.16. The highest BCUT2D eigenvalue weighted by Gasteiger charge is 2.03. The predicted molar refractivity (Wildman–Crippen MR) is 54.6 cm³/mol. The number of nitrogens with zero attached hydrogens (tertiary/aromatic N) is 1. The van der Waals surface area contributed by atoms with Gasteiger partial charge in [0.15, 0.2) is 0 Å². The summed E-state index contributed by atoms with van der Waals surface area (Å²) in [6, 6.07) is 4.81. The van der Waals surface area contributed by atoms with E-state index >= 15 is 0 Å². The standard InChI is InChI=1S/C11H14FN/c1-4-5-9-8-10(12)6-7-11(9)13(2)3/h4,6-8H,1,5H2,2-3H3. The van der Waals surface area contributed by atoms with Gasteiger partial charge in [0.2, 0.25) is 0 Å². The fourth-order valence-electron chi connectivity index (χ4n) is 1.31. The van der Waals surface area contributed by atoms with E-state index in [1.54, 1.807) is 18.2 Å². The average Bonchev–Trinajstić information content (AvgIpc) is 2.04. The van der Waals surface area contributed by atoms with Crippen molar-refractivity contribution in [1.82, 2.24) is 0 Å². The molecule has 0 aliphatic carbocycles. The summed E-state index contributed by atoms with van der Waals surface area (Å²) in [5.74, 6) is -0.192. The number of benzene rings is 1. The fourth-order valence-corrected chi connectivity index (χ4v) is 1.31. The van der Waals surface area contributed by atoms with Crippen molar-refractivity contribution in [3.63, 3.8) is 0 Å². The van der Waals surface area contributed by atoms with E-state index in [1.807, 2.05) is 19.0 Å². The predicted octanol–water partition coefficient (Wildman–Crippen LogP) is 2.62. The number of halogens is 1. The van der Waals surface area contributed by atoms with Crippen LogP contribution in [0.3, 0.4) is 0 Å². The molecule has 1 rings (SSSR count). The Morgan fingerprint density at radius 2 is 2.15 bits per heavy atom. The van der Waals surface area contributed by atoms with Gasteiger partial charge < -0.3 is 4.90 Å². The molecule has 0 bridgehead atoms. The maximum atomic E-state index is 12.9. The molecular formula is C11H14FN. The lowest BCUT2D eigenvalue weighted by Crippen LogP contribution is -2.11. The maximum absolute atomic E-state index is 12.9. The fraction of sp³-hybridized carbons (Fsp3) is 0.273. The molecular weight excluding hydrogens is 165 g/mol. The van der Waals surface area contributed by atoms with Crippen LogP contribution >= 0.6 is 0 Å². The second-order valence-electron chi connectivity index (χ2n) is 3.16. The molecule has 70 valence electrons. The third-order valence-corrected chi connectivity index (χ3v) is 1.89. The molecule has 1 aromatic carbocycles. The van der Waals surface area contributed by atoms with Crippen LogP contribution in [0, 0.1) is 5.82 Å². The van der Waals surface area contributed by atoms with Gasteiger partial charge in [-0.25, -0.2) is 4.39 Å². The van der Waals surface area contributed by atoms with Crippen LogP contribution in [-0.4, -0.2) is 14.1 Å². The van der Waals surface area contributed by atoms with Gasteiger partial charge in [-0.15, -0.1) is 6.58 Å². The van der Waals surface area contributed by atoms with Crippen LogP contribution in [0.25, 0.3) is 0 Å². The molecule has 0 saturated heterocycles. The average molecular weight is 179 g/mol. The first-order valence-corrected chi connectivity index (χ1v) is 4.22. The van der Waals surface area contributed by atoms with Crippen molar-refractivity contribution in [2.24, 2.45) is 0 Å². The Balaban J connectivity index is 3.10. The zero-order chi connectivity index (χ0) is 9.84. The van der Waals surface area contributed by atoms with E-state index in [0.29, 0.717) is 6.42 Å². The minimum absolute atomic E-state index is 0.192. The number of anilines is 1. The molecule has 0 N–H and O–H groups in total.